The average Bonchev–Trinajstić information content (AvgIpc) is 3.09. The number of imide groups is 1. The fraction of sp³-hybridized carbons (Fsp3) is 0.385. The highest BCUT2D eigenvalue weighted by Gasteiger charge is 2.28. The first kappa shape index (κ1) is 25.0. The summed E-state index contributed by atoms with van der Waals surface area (Å²) in [5, 5.41) is 2.87. The van der Waals surface area contributed by atoms with E-state index in [0.717, 1.165) is 11.1 Å². The molecule has 0 unspecified atom stereocenters. The lowest BCUT2D eigenvalue weighted by Gasteiger charge is -2.26. The molecule has 0 saturated carbocycles. The summed E-state index contributed by atoms with van der Waals surface area (Å²) in [6, 6.07) is 14.1. The second-order valence-electron chi connectivity index (χ2n) is 9.22. The number of ether oxygens (including phenoxy) is 1. The smallest absolute Gasteiger partial charge is 0.410 e. The predicted octanol–water partition coefficient (Wildman–Crippen LogP) is 4.34. The van der Waals surface area contributed by atoms with Gasteiger partial charge in [-0.15, -0.1) is 0 Å². The van der Waals surface area contributed by atoms with Gasteiger partial charge in [0.25, 0.3) is 5.91 Å². The molecule has 0 bridgehead atoms. The van der Waals surface area contributed by atoms with Gasteiger partial charge in [0.1, 0.15) is 5.60 Å². The minimum absolute atomic E-state index is 0.167. The molecule has 2 aromatic carbocycles. The van der Waals surface area contributed by atoms with Gasteiger partial charge in [-0.25, -0.2) is 4.79 Å². The number of hydrogen-bond acceptors (Lipinski definition) is 5. The summed E-state index contributed by atoms with van der Waals surface area (Å²) in [6.45, 7) is 8.43. The molecule has 1 N–H and O–H groups in total. The van der Waals surface area contributed by atoms with Crippen molar-refractivity contribution in [3.63, 3.8) is 0 Å². The van der Waals surface area contributed by atoms with E-state index in [9.17, 15) is 19.2 Å². The average molecular weight is 466 g/mol. The molecule has 4 amide bonds. The minimum atomic E-state index is -0.574. The van der Waals surface area contributed by atoms with E-state index in [2.05, 4.69) is 5.32 Å². The zero-order chi connectivity index (χ0) is 24.9. The molecule has 1 aliphatic heterocycles. The summed E-state index contributed by atoms with van der Waals surface area (Å²) >= 11 is 0. The summed E-state index contributed by atoms with van der Waals surface area (Å²) in [5.74, 6) is -0.614. The number of nitrogens with one attached hydrogen (secondary N) is 1. The Kier molecular flexibility index (Phi) is 7.71. The van der Waals surface area contributed by atoms with E-state index in [1.165, 1.54) is 4.90 Å². The molecule has 1 aliphatic rings. The number of amides is 4. The summed E-state index contributed by atoms with van der Waals surface area (Å²) in [5.41, 5.74) is 2.14. The Labute approximate surface area is 199 Å². The Morgan fingerprint density at radius 1 is 1.00 bits per heavy atom. The highest BCUT2D eigenvalue weighted by Crippen LogP contribution is 2.18. The van der Waals surface area contributed by atoms with Gasteiger partial charge in [0, 0.05) is 37.2 Å². The van der Waals surface area contributed by atoms with Crippen LogP contribution in [-0.2, 0) is 27.4 Å². The zero-order valence-corrected chi connectivity index (χ0v) is 20.1. The van der Waals surface area contributed by atoms with E-state index in [1.807, 2.05) is 45.9 Å². The van der Waals surface area contributed by atoms with Crippen molar-refractivity contribution < 1.29 is 23.9 Å². The lowest BCUT2D eigenvalue weighted by Crippen LogP contribution is -2.36. The van der Waals surface area contributed by atoms with E-state index >= 15 is 0 Å². The summed E-state index contributed by atoms with van der Waals surface area (Å²) < 4.78 is 5.46. The third-order valence-electron chi connectivity index (χ3n) is 5.30. The van der Waals surface area contributed by atoms with Crippen molar-refractivity contribution in [1.82, 2.24) is 9.80 Å². The van der Waals surface area contributed by atoms with Crippen LogP contribution in [0.4, 0.5) is 10.5 Å². The van der Waals surface area contributed by atoms with Gasteiger partial charge < -0.3 is 15.0 Å². The Bertz CT molecular complexity index is 1060. The fourth-order valence-electron chi connectivity index (χ4n) is 3.55. The van der Waals surface area contributed by atoms with Crippen molar-refractivity contribution >= 4 is 29.5 Å². The number of anilines is 1. The van der Waals surface area contributed by atoms with Crippen LogP contribution in [0.25, 0.3) is 0 Å². The number of hydrogen-bond donors (Lipinski definition) is 1. The fourth-order valence-corrected chi connectivity index (χ4v) is 3.55. The van der Waals surface area contributed by atoms with Gasteiger partial charge >= 0.3 is 6.09 Å². The van der Waals surface area contributed by atoms with Gasteiger partial charge in [0.2, 0.25) is 11.8 Å². The molecule has 180 valence electrons. The van der Waals surface area contributed by atoms with Crippen molar-refractivity contribution in [2.75, 3.05) is 11.9 Å². The van der Waals surface area contributed by atoms with Crippen LogP contribution in [0.2, 0.25) is 0 Å². The summed E-state index contributed by atoms with van der Waals surface area (Å²) in [7, 11) is 0. The van der Waals surface area contributed by atoms with Crippen molar-refractivity contribution in [3.05, 3.63) is 65.2 Å². The molecule has 0 spiro atoms. The Morgan fingerprint density at radius 2 is 1.65 bits per heavy atom. The maximum Gasteiger partial charge on any atom is 0.410 e. The third kappa shape index (κ3) is 6.66. The molecule has 3 rings (SSSR count). The number of rotatable bonds is 7. The maximum absolute atomic E-state index is 12.7. The molecule has 8 heteroatoms. The summed E-state index contributed by atoms with van der Waals surface area (Å²) in [6.07, 6.45) is 0.125. The van der Waals surface area contributed by atoms with Crippen LogP contribution in [0, 0.1) is 0 Å². The molecule has 8 nitrogen and oxygen atoms in total. The van der Waals surface area contributed by atoms with Crippen LogP contribution < -0.4 is 5.32 Å². The quantitative estimate of drug-likeness (QED) is 0.614. The molecule has 0 radical (unpaired) electrons. The minimum Gasteiger partial charge on any atom is -0.444 e. The maximum atomic E-state index is 12.7. The Morgan fingerprint density at radius 3 is 2.24 bits per heavy atom. The molecule has 1 fully saturated rings. The van der Waals surface area contributed by atoms with Gasteiger partial charge in [-0.05, 0) is 63.1 Å². The molecular weight excluding hydrogens is 434 g/mol. The molecule has 0 aliphatic carbocycles. The van der Waals surface area contributed by atoms with E-state index in [1.54, 1.807) is 35.2 Å². The summed E-state index contributed by atoms with van der Waals surface area (Å²) in [4.78, 5) is 51.6. The second-order valence-corrected chi connectivity index (χ2v) is 9.22. The van der Waals surface area contributed by atoms with E-state index < -0.39 is 5.60 Å². The van der Waals surface area contributed by atoms with E-state index in [-0.39, 0.29) is 43.2 Å². The van der Waals surface area contributed by atoms with Crippen molar-refractivity contribution in [3.8, 4) is 0 Å². The molecule has 0 aromatic heterocycles. The van der Waals surface area contributed by atoms with Crippen LogP contribution in [-0.4, -0.2) is 45.8 Å². The second kappa shape index (κ2) is 10.5. The lowest BCUT2D eigenvalue weighted by molar-refractivity contribution is -0.139. The monoisotopic (exact) mass is 465 g/mol. The Balaban J connectivity index is 1.62. The van der Waals surface area contributed by atoms with Crippen LogP contribution >= 0.6 is 0 Å². The highest BCUT2D eigenvalue weighted by atomic mass is 16.6. The van der Waals surface area contributed by atoms with E-state index in [0.29, 0.717) is 24.3 Å². The molecule has 1 saturated heterocycles. The number of carbonyl (C=O) groups excluding carboxylic acids is 4. The SMILES string of the molecule is CCN(Cc1cccc(NC(=O)c2ccc(CN3C(=O)CCC3=O)cc2)c1)C(=O)OC(C)(C)C. The normalized spacial score (nSPS) is 13.7. The Hall–Kier alpha value is -3.68. The zero-order valence-electron chi connectivity index (χ0n) is 20.1. The third-order valence-corrected chi connectivity index (χ3v) is 5.30. The van der Waals surface area contributed by atoms with Crippen molar-refractivity contribution in [1.29, 1.82) is 0 Å². The van der Waals surface area contributed by atoms with Crippen molar-refractivity contribution in [2.45, 2.75) is 59.2 Å². The van der Waals surface area contributed by atoms with Gasteiger partial charge in [0.15, 0.2) is 0 Å². The standard InChI is InChI=1S/C26H31N3O5/c1-5-28(25(33)34-26(2,3)4)16-19-7-6-8-21(15-19)27-24(32)20-11-9-18(10-12-20)17-29-22(30)13-14-23(29)31/h6-12,15H,5,13-14,16-17H2,1-4H3,(H,27,32). The molecular formula is C26H31N3O5. The molecule has 34 heavy (non-hydrogen) atoms. The largest absolute Gasteiger partial charge is 0.444 e. The lowest BCUT2D eigenvalue weighted by atomic mass is 10.1. The molecule has 0 atom stereocenters. The van der Waals surface area contributed by atoms with Gasteiger partial charge in [-0.1, -0.05) is 24.3 Å². The number of carbonyl (C=O) groups is 4. The first-order valence-corrected chi connectivity index (χ1v) is 11.4. The van der Waals surface area contributed by atoms with Gasteiger partial charge in [-0.3, -0.25) is 19.3 Å². The molecule has 1 heterocycles. The predicted molar refractivity (Wildman–Crippen MR) is 128 cm³/mol. The number of nitrogens with zero attached hydrogens (tertiary/aromatic N) is 2. The highest BCUT2D eigenvalue weighted by molar-refractivity contribution is 6.04. The van der Waals surface area contributed by atoms with Gasteiger partial charge in [0.05, 0.1) is 6.54 Å². The van der Waals surface area contributed by atoms with Crippen LogP contribution in [0.5, 0.6) is 0 Å². The topological polar surface area (TPSA) is 96.0 Å². The molecule has 2 aromatic rings. The van der Waals surface area contributed by atoms with E-state index in [4.69, 9.17) is 4.74 Å². The first-order chi connectivity index (χ1) is 16.1. The van der Waals surface area contributed by atoms with Crippen LogP contribution in [0.15, 0.2) is 48.5 Å². The first-order valence-electron chi connectivity index (χ1n) is 11.4. The van der Waals surface area contributed by atoms with Crippen LogP contribution in [0.1, 0.15) is 62.0 Å². The van der Waals surface area contributed by atoms with Crippen molar-refractivity contribution in [2.24, 2.45) is 0 Å². The van der Waals surface area contributed by atoms with Gasteiger partial charge in [-0.2, -0.15) is 0 Å². The number of benzene rings is 2. The van der Waals surface area contributed by atoms with Crippen LogP contribution in [0.3, 0.4) is 0 Å². The number of likely N-dealkylation sites (tertiary alicyclic amines) is 1.